The minimum atomic E-state index is 0. The van der Waals surface area contributed by atoms with Crippen LogP contribution in [-0.4, -0.2) is 13.2 Å². The Balaban J connectivity index is -0.0000000142. The van der Waals surface area contributed by atoms with Crippen LogP contribution >= 0.6 is 0 Å². The smallest absolute Gasteiger partial charge is 0.377 e. The number of rotatable bonds is 0. The van der Waals surface area contributed by atoms with Gasteiger partial charge >= 0.3 is 1.43 Å². The summed E-state index contributed by atoms with van der Waals surface area (Å²) in [5.74, 6) is 0. The van der Waals surface area contributed by atoms with Crippen molar-refractivity contribution in [1.82, 2.24) is 0 Å². The van der Waals surface area contributed by atoms with Crippen molar-refractivity contribution in [1.29, 1.82) is 0 Å². The van der Waals surface area contributed by atoms with Gasteiger partial charge in [0.1, 0.15) is 0 Å². The molecule has 0 atom stereocenters. The van der Waals surface area contributed by atoms with Gasteiger partial charge < -0.3 is 4.74 Å². The van der Waals surface area contributed by atoms with Crippen LogP contribution in [0.25, 0.3) is 0 Å². The van der Waals surface area contributed by atoms with Crippen molar-refractivity contribution in [2.75, 3.05) is 13.2 Å². The van der Waals surface area contributed by atoms with Crippen molar-refractivity contribution in [3.05, 3.63) is 0 Å². The summed E-state index contributed by atoms with van der Waals surface area (Å²) in [5, 5.41) is 0. The molecular weight excluding hydrogens is 124 g/mol. The van der Waals surface area contributed by atoms with Crippen molar-refractivity contribution >= 4 is 0 Å². The quantitative estimate of drug-likeness (QED) is 0.479. The van der Waals surface area contributed by atoms with Crippen molar-refractivity contribution < 1.29 is 6.16 Å². The van der Waals surface area contributed by atoms with E-state index in [2.05, 4.69) is 4.74 Å². The predicted octanol–water partition coefficient (Wildman–Crippen LogP) is 3.84. The molecule has 0 aromatic carbocycles. The molecule has 0 radical (unpaired) electrons. The Bertz CT molecular complexity index is 14.3. The molecule has 0 amide bonds. The molecule has 1 fully saturated rings. The third kappa shape index (κ3) is 418. The monoisotopic (exact) mass is 151 g/mol. The average Bonchev–Trinajstić information content (AvgIpc) is 2.84. The standard InChI is InChI=1S/C2H4O.3C2H6.CH4/c1-2-3-1;3*1-2;/h1-2H2;3*1-2H3;1H4/p+1. The Morgan fingerprint density at radius 1 is 0.800 bits per heavy atom. The van der Waals surface area contributed by atoms with Gasteiger partial charge in [-0.3, -0.25) is 0 Å². The topological polar surface area (TPSA) is 12.5 Å². The first kappa shape index (κ1) is 22.5. The molecule has 1 aliphatic rings. The number of epoxide rings is 1. The van der Waals surface area contributed by atoms with E-state index in [0.29, 0.717) is 0 Å². The maximum atomic E-state index is 4.50. The van der Waals surface area contributed by atoms with Gasteiger partial charge in [-0.1, -0.05) is 49.0 Å². The second-order valence-corrected chi connectivity index (χ2v) is 0.612. The molecule has 0 bridgehead atoms. The molecule has 1 aliphatic heterocycles. The van der Waals surface area contributed by atoms with Crippen molar-refractivity contribution in [3.8, 4) is 0 Å². The van der Waals surface area contributed by atoms with Crippen LogP contribution in [0, 0.1) is 0 Å². The number of ether oxygens (including phenoxy) is 1. The van der Waals surface area contributed by atoms with Crippen LogP contribution in [0.3, 0.4) is 0 Å². The molecule has 1 nitrogen and oxygen atoms in total. The van der Waals surface area contributed by atoms with Crippen LogP contribution in [0.15, 0.2) is 0 Å². The Labute approximate surface area is 69.3 Å². The molecular formula is C9H27O+. The van der Waals surface area contributed by atoms with E-state index in [1.165, 1.54) is 0 Å². The molecule has 0 unspecified atom stereocenters. The lowest BCUT2D eigenvalue weighted by molar-refractivity contribution is 0.475. The van der Waals surface area contributed by atoms with Gasteiger partial charge in [-0.15, -0.1) is 0 Å². The van der Waals surface area contributed by atoms with Gasteiger partial charge in [-0.25, -0.2) is 0 Å². The van der Waals surface area contributed by atoms with E-state index in [9.17, 15) is 0 Å². The number of hydrogen-bond acceptors (Lipinski definition) is 1. The highest BCUT2D eigenvalue weighted by Gasteiger charge is 1.94. The largest absolute Gasteiger partial charge is 1.00 e. The Morgan fingerprint density at radius 3 is 0.900 bits per heavy atom. The summed E-state index contributed by atoms with van der Waals surface area (Å²) in [7, 11) is 0. The van der Waals surface area contributed by atoms with Crippen LogP contribution in [-0.2, 0) is 4.74 Å². The summed E-state index contributed by atoms with van der Waals surface area (Å²) in [5.41, 5.74) is 0. The molecule has 1 rings (SSSR count). The Hall–Kier alpha value is -0.0400. The summed E-state index contributed by atoms with van der Waals surface area (Å²) in [4.78, 5) is 0. The molecule has 1 saturated heterocycles. The van der Waals surface area contributed by atoms with Crippen molar-refractivity contribution in [2.24, 2.45) is 0 Å². The van der Waals surface area contributed by atoms with Crippen LogP contribution in [0.4, 0.5) is 0 Å². The van der Waals surface area contributed by atoms with Gasteiger partial charge in [0.15, 0.2) is 0 Å². The average molecular weight is 151 g/mol. The van der Waals surface area contributed by atoms with Gasteiger partial charge in [-0.2, -0.15) is 0 Å². The molecule has 68 valence electrons. The van der Waals surface area contributed by atoms with E-state index in [-0.39, 0.29) is 8.85 Å². The third-order valence-electron chi connectivity index (χ3n) is 0.204. The summed E-state index contributed by atoms with van der Waals surface area (Å²) in [6.07, 6.45) is 0. The normalized spacial score (nSPS) is 9.00. The highest BCUT2D eigenvalue weighted by molar-refractivity contribution is 4.36. The fourth-order valence-electron chi connectivity index (χ4n) is 0. The van der Waals surface area contributed by atoms with Gasteiger partial charge in [-0.05, 0) is 0 Å². The zero-order valence-electron chi connectivity index (χ0n) is 8.82. The van der Waals surface area contributed by atoms with Crippen molar-refractivity contribution in [3.63, 3.8) is 0 Å². The SMILES string of the molecule is C.C1CO1.CC.CC.CC.[H+]. The lowest BCUT2D eigenvalue weighted by Crippen LogP contribution is -1.20. The van der Waals surface area contributed by atoms with E-state index in [0.717, 1.165) is 13.2 Å². The second-order valence-electron chi connectivity index (χ2n) is 0.612. The maximum absolute atomic E-state index is 4.50. The van der Waals surface area contributed by atoms with Gasteiger partial charge in [0, 0.05) is 0 Å². The molecule has 0 aromatic heterocycles. The zero-order chi connectivity index (χ0) is 8.12. The highest BCUT2D eigenvalue weighted by Crippen LogP contribution is 1.84. The van der Waals surface area contributed by atoms with Crippen LogP contribution in [0.5, 0.6) is 0 Å². The van der Waals surface area contributed by atoms with E-state index in [1.54, 1.807) is 0 Å². The minimum Gasteiger partial charge on any atom is -0.377 e. The molecule has 1 heteroatoms. The molecule has 0 saturated carbocycles. The Kier molecular flexibility index (Phi) is 146. The maximum Gasteiger partial charge on any atom is 1.00 e. The fraction of sp³-hybridized carbons (Fsp3) is 1.00. The molecule has 0 aliphatic carbocycles. The Morgan fingerprint density at radius 2 is 0.900 bits per heavy atom. The summed E-state index contributed by atoms with van der Waals surface area (Å²) >= 11 is 0. The predicted molar refractivity (Wildman–Crippen MR) is 52.7 cm³/mol. The first-order valence-electron chi connectivity index (χ1n) is 4.08. The minimum absolute atomic E-state index is 0. The second kappa shape index (κ2) is 64.8. The van der Waals surface area contributed by atoms with Crippen LogP contribution < -0.4 is 0 Å². The first-order valence-corrected chi connectivity index (χ1v) is 4.08. The molecule has 0 aromatic rings. The van der Waals surface area contributed by atoms with Crippen LogP contribution in [0.1, 0.15) is 50.4 Å². The summed E-state index contributed by atoms with van der Waals surface area (Å²) < 4.78 is 4.50. The lowest BCUT2D eigenvalue weighted by Gasteiger charge is -1.24. The fourth-order valence-corrected chi connectivity index (χ4v) is 0. The molecule has 1 heterocycles. The molecule has 10 heavy (non-hydrogen) atoms. The van der Waals surface area contributed by atoms with E-state index < -0.39 is 0 Å². The van der Waals surface area contributed by atoms with E-state index in [1.807, 2.05) is 41.5 Å². The molecule has 0 spiro atoms. The first-order chi connectivity index (χ1) is 4.50. The zero-order valence-corrected chi connectivity index (χ0v) is 7.82. The van der Waals surface area contributed by atoms with E-state index in [4.69, 9.17) is 0 Å². The van der Waals surface area contributed by atoms with Gasteiger partial charge in [0.2, 0.25) is 0 Å². The lowest BCUT2D eigenvalue weighted by atomic mass is 11.0. The van der Waals surface area contributed by atoms with Gasteiger partial charge in [0.25, 0.3) is 0 Å². The summed E-state index contributed by atoms with van der Waals surface area (Å²) in [6.45, 7) is 14.0. The highest BCUT2D eigenvalue weighted by atomic mass is 16.6. The van der Waals surface area contributed by atoms with Crippen LogP contribution in [0.2, 0.25) is 0 Å². The number of hydrogen-bond donors (Lipinski definition) is 0. The van der Waals surface area contributed by atoms with Gasteiger partial charge in [0.05, 0.1) is 13.2 Å². The van der Waals surface area contributed by atoms with Crippen molar-refractivity contribution in [2.45, 2.75) is 49.0 Å². The van der Waals surface area contributed by atoms with E-state index >= 15 is 0 Å². The summed E-state index contributed by atoms with van der Waals surface area (Å²) in [6, 6.07) is 0. The molecule has 0 N–H and O–H groups in total. The third-order valence-corrected chi connectivity index (χ3v) is 0.204.